The summed E-state index contributed by atoms with van der Waals surface area (Å²) in [6.45, 7) is 0. The molecule has 7 nitrogen and oxygen atoms in total. The van der Waals surface area contributed by atoms with Gasteiger partial charge in [0.2, 0.25) is 0 Å². The minimum Gasteiger partial charge on any atom is -0.350 e. The van der Waals surface area contributed by atoms with Crippen LogP contribution in [0.15, 0.2) is 30.5 Å². The number of nitrogens with zero attached hydrogens (tertiary/aromatic N) is 3. The van der Waals surface area contributed by atoms with Gasteiger partial charge in [0.1, 0.15) is 0 Å². The lowest BCUT2D eigenvalue weighted by atomic mass is 9.93. The molecule has 1 aromatic heterocycles. The standard InChI is InChI=1S/C16H15N3O4/c1-17-8-10(9-6-4-5-7-11(9)17)13(20)12-14(21)18(2)16(23)19(3)15(12)22/h4-8,12H,1-3H3. The zero-order chi connectivity index (χ0) is 16.9. The Hall–Kier alpha value is -2.96. The van der Waals surface area contributed by atoms with E-state index in [9.17, 15) is 19.2 Å². The Morgan fingerprint density at radius 1 is 0.957 bits per heavy atom. The van der Waals surface area contributed by atoms with E-state index in [4.69, 9.17) is 0 Å². The number of para-hydroxylation sites is 1. The lowest BCUT2D eigenvalue weighted by molar-refractivity contribution is -0.145. The largest absolute Gasteiger partial charge is 0.350 e. The summed E-state index contributed by atoms with van der Waals surface area (Å²) in [5.74, 6) is -3.71. The van der Waals surface area contributed by atoms with Gasteiger partial charge in [0.15, 0.2) is 11.7 Å². The highest BCUT2D eigenvalue weighted by atomic mass is 16.2. The summed E-state index contributed by atoms with van der Waals surface area (Å²) in [6, 6.07) is 6.50. The van der Waals surface area contributed by atoms with Gasteiger partial charge in [-0.05, 0) is 6.07 Å². The molecule has 1 aliphatic rings. The van der Waals surface area contributed by atoms with E-state index >= 15 is 0 Å². The van der Waals surface area contributed by atoms with Crippen molar-refractivity contribution in [3.05, 3.63) is 36.0 Å². The fourth-order valence-electron chi connectivity index (χ4n) is 2.82. The van der Waals surface area contributed by atoms with Crippen LogP contribution in [0.1, 0.15) is 10.4 Å². The van der Waals surface area contributed by atoms with Gasteiger partial charge in [0, 0.05) is 43.8 Å². The molecular formula is C16H15N3O4. The summed E-state index contributed by atoms with van der Waals surface area (Å²) in [5.41, 5.74) is 1.12. The Balaban J connectivity index is 2.10. The molecule has 0 aliphatic carbocycles. The third kappa shape index (κ3) is 2.04. The molecule has 0 saturated carbocycles. The van der Waals surface area contributed by atoms with Gasteiger partial charge in [0.25, 0.3) is 11.8 Å². The second-order valence-corrected chi connectivity index (χ2v) is 5.55. The highest BCUT2D eigenvalue weighted by molar-refractivity contribution is 6.31. The molecule has 0 atom stereocenters. The lowest BCUT2D eigenvalue weighted by Gasteiger charge is -2.31. The van der Waals surface area contributed by atoms with E-state index in [0.717, 1.165) is 15.3 Å². The van der Waals surface area contributed by atoms with Crippen LogP contribution in [-0.4, -0.2) is 52.1 Å². The number of hydrogen-bond donors (Lipinski definition) is 0. The summed E-state index contributed by atoms with van der Waals surface area (Å²) >= 11 is 0. The van der Waals surface area contributed by atoms with Gasteiger partial charge in [-0.25, -0.2) is 4.79 Å². The smallest absolute Gasteiger partial charge is 0.332 e. The number of amides is 4. The van der Waals surface area contributed by atoms with Crippen molar-refractivity contribution in [2.45, 2.75) is 0 Å². The number of hydrogen-bond acceptors (Lipinski definition) is 4. The second kappa shape index (κ2) is 5.05. The van der Waals surface area contributed by atoms with Crippen molar-refractivity contribution in [3.63, 3.8) is 0 Å². The van der Waals surface area contributed by atoms with Crippen molar-refractivity contribution in [2.75, 3.05) is 14.1 Å². The second-order valence-electron chi connectivity index (χ2n) is 5.55. The Bertz CT molecular complexity index is 843. The van der Waals surface area contributed by atoms with Gasteiger partial charge >= 0.3 is 6.03 Å². The molecule has 2 aromatic rings. The van der Waals surface area contributed by atoms with E-state index in [0.29, 0.717) is 10.9 Å². The van der Waals surface area contributed by atoms with Crippen molar-refractivity contribution in [3.8, 4) is 0 Å². The number of Topliss-reactive ketones (excluding diaryl/α,β-unsaturated/α-hetero) is 1. The van der Waals surface area contributed by atoms with Crippen LogP contribution in [-0.2, 0) is 16.6 Å². The topological polar surface area (TPSA) is 79.7 Å². The van der Waals surface area contributed by atoms with E-state index in [2.05, 4.69) is 0 Å². The van der Waals surface area contributed by atoms with Crippen LogP contribution < -0.4 is 0 Å². The van der Waals surface area contributed by atoms with Crippen LogP contribution in [0.5, 0.6) is 0 Å². The van der Waals surface area contributed by atoms with Crippen molar-refractivity contribution in [1.29, 1.82) is 0 Å². The number of carbonyl (C=O) groups excluding carboxylic acids is 4. The first-order chi connectivity index (χ1) is 10.8. The molecule has 4 amide bonds. The highest BCUT2D eigenvalue weighted by Crippen LogP contribution is 2.26. The number of carbonyl (C=O) groups is 4. The quantitative estimate of drug-likeness (QED) is 0.612. The van der Waals surface area contributed by atoms with Crippen LogP contribution in [0.3, 0.4) is 0 Å². The molecule has 2 heterocycles. The Morgan fingerprint density at radius 3 is 2.13 bits per heavy atom. The number of rotatable bonds is 2. The van der Waals surface area contributed by atoms with Crippen molar-refractivity contribution >= 4 is 34.5 Å². The molecule has 0 radical (unpaired) electrons. The maximum absolute atomic E-state index is 12.8. The minimum absolute atomic E-state index is 0.297. The van der Waals surface area contributed by atoms with Crippen molar-refractivity contribution in [2.24, 2.45) is 13.0 Å². The lowest BCUT2D eigenvalue weighted by Crippen LogP contribution is -2.58. The molecule has 0 spiro atoms. The van der Waals surface area contributed by atoms with Gasteiger partial charge in [-0.2, -0.15) is 0 Å². The maximum atomic E-state index is 12.8. The third-order valence-corrected chi connectivity index (χ3v) is 4.15. The number of urea groups is 1. The number of barbiturate groups is 1. The van der Waals surface area contributed by atoms with Gasteiger partial charge in [-0.15, -0.1) is 0 Å². The molecule has 0 N–H and O–H groups in total. The van der Waals surface area contributed by atoms with Crippen LogP contribution in [0, 0.1) is 5.92 Å². The molecule has 1 saturated heterocycles. The first kappa shape index (κ1) is 15.0. The molecule has 0 bridgehead atoms. The molecule has 23 heavy (non-hydrogen) atoms. The summed E-state index contributed by atoms with van der Waals surface area (Å²) in [6.07, 6.45) is 1.60. The first-order valence-electron chi connectivity index (χ1n) is 7.02. The number of aryl methyl sites for hydroxylation is 1. The average molecular weight is 313 g/mol. The van der Waals surface area contributed by atoms with E-state index in [-0.39, 0.29) is 0 Å². The molecule has 0 unspecified atom stereocenters. The first-order valence-corrected chi connectivity index (χ1v) is 7.02. The summed E-state index contributed by atoms with van der Waals surface area (Å²) < 4.78 is 1.76. The number of ketones is 1. The molecule has 7 heteroatoms. The van der Waals surface area contributed by atoms with E-state index < -0.39 is 29.5 Å². The summed E-state index contributed by atoms with van der Waals surface area (Å²) in [5, 5.41) is 0.669. The van der Waals surface area contributed by atoms with Crippen molar-refractivity contribution < 1.29 is 19.2 Å². The van der Waals surface area contributed by atoms with Crippen LogP contribution >= 0.6 is 0 Å². The fourth-order valence-corrected chi connectivity index (χ4v) is 2.82. The predicted molar refractivity (Wildman–Crippen MR) is 81.7 cm³/mol. The molecule has 3 rings (SSSR count). The van der Waals surface area contributed by atoms with E-state index in [1.165, 1.54) is 14.1 Å². The monoisotopic (exact) mass is 313 g/mol. The van der Waals surface area contributed by atoms with Crippen LogP contribution in [0.2, 0.25) is 0 Å². The normalized spacial score (nSPS) is 16.6. The number of aromatic nitrogens is 1. The molecule has 1 aromatic carbocycles. The summed E-state index contributed by atoms with van der Waals surface area (Å²) in [4.78, 5) is 50.7. The zero-order valence-electron chi connectivity index (χ0n) is 12.9. The number of benzene rings is 1. The Kier molecular flexibility index (Phi) is 3.28. The van der Waals surface area contributed by atoms with E-state index in [1.54, 1.807) is 29.9 Å². The highest BCUT2D eigenvalue weighted by Gasteiger charge is 2.47. The fraction of sp³-hybridized carbons (Fsp3) is 0.250. The van der Waals surface area contributed by atoms with E-state index in [1.807, 2.05) is 12.1 Å². The van der Waals surface area contributed by atoms with Gasteiger partial charge < -0.3 is 4.57 Å². The van der Waals surface area contributed by atoms with Gasteiger partial charge in [-0.3, -0.25) is 24.2 Å². The molecule has 1 fully saturated rings. The Labute approximate surface area is 132 Å². The van der Waals surface area contributed by atoms with Gasteiger partial charge in [0.05, 0.1) is 0 Å². The SMILES string of the molecule is CN1C(=O)C(C(=O)c2cn(C)c3ccccc23)C(=O)N(C)C1=O. The molecule has 1 aliphatic heterocycles. The summed E-state index contributed by atoms with van der Waals surface area (Å²) in [7, 11) is 4.30. The minimum atomic E-state index is -1.52. The predicted octanol–water partition coefficient (Wildman–Crippen LogP) is 1.03. The molecule has 118 valence electrons. The van der Waals surface area contributed by atoms with Gasteiger partial charge in [-0.1, -0.05) is 18.2 Å². The average Bonchev–Trinajstić information content (AvgIpc) is 2.89. The molecular weight excluding hydrogens is 298 g/mol. The Morgan fingerprint density at radius 2 is 1.52 bits per heavy atom. The zero-order valence-corrected chi connectivity index (χ0v) is 12.9. The van der Waals surface area contributed by atoms with Crippen LogP contribution in [0.4, 0.5) is 4.79 Å². The number of imide groups is 2. The number of fused-ring (bicyclic) bond motifs is 1. The maximum Gasteiger partial charge on any atom is 0.332 e. The third-order valence-electron chi connectivity index (χ3n) is 4.15. The van der Waals surface area contributed by atoms with Crippen LogP contribution in [0.25, 0.3) is 10.9 Å². The van der Waals surface area contributed by atoms with Crippen molar-refractivity contribution in [1.82, 2.24) is 14.4 Å².